The van der Waals surface area contributed by atoms with Crippen LogP contribution in [0.1, 0.15) is 12.8 Å². The van der Waals surface area contributed by atoms with Gasteiger partial charge in [0.15, 0.2) is 5.82 Å². The predicted octanol–water partition coefficient (Wildman–Crippen LogP) is 4.07. The molecule has 1 aromatic heterocycles. The standard InChI is InChI=1S/C24H24ClF2N5O2/c1-30(2)24(34)28-17-9-11-31(12-10-17)21-14-22(33)32(18-6-3-15(25)4-7-18)23(29-21)19-8-5-16(26)13-20(19)27/h3-8,13-14,17H,9-12H2,1-2H3,(H,28,34). The quantitative estimate of drug-likeness (QED) is 0.602. The van der Waals surface area contributed by atoms with Crippen molar-refractivity contribution >= 4 is 23.4 Å². The summed E-state index contributed by atoms with van der Waals surface area (Å²) in [7, 11) is 3.36. The number of rotatable bonds is 4. The zero-order valence-corrected chi connectivity index (χ0v) is 19.5. The van der Waals surface area contributed by atoms with Gasteiger partial charge in [0.1, 0.15) is 17.5 Å². The maximum atomic E-state index is 14.8. The molecule has 4 rings (SSSR count). The van der Waals surface area contributed by atoms with E-state index in [2.05, 4.69) is 10.3 Å². The molecule has 178 valence electrons. The SMILES string of the molecule is CN(C)C(=O)NC1CCN(c2cc(=O)n(-c3ccc(Cl)cc3)c(-c3ccc(F)cc3F)n2)CC1. The molecular formula is C24H24ClF2N5O2. The summed E-state index contributed by atoms with van der Waals surface area (Å²) in [4.78, 5) is 33.2. The van der Waals surface area contributed by atoms with E-state index >= 15 is 0 Å². The Morgan fingerprint density at radius 1 is 1.09 bits per heavy atom. The molecule has 1 aliphatic rings. The molecule has 0 atom stereocenters. The average molecular weight is 488 g/mol. The van der Waals surface area contributed by atoms with Gasteiger partial charge in [0.2, 0.25) is 0 Å². The lowest BCUT2D eigenvalue weighted by Crippen LogP contribution is -2.48. The third-order valence-electron chi connectivity index (χ3n) is 5.71. The lowest BCUT2D eigenvalue weighted by molar-refractivity contribution is 0.210. The van der Waals surface area contributed by atoms with E-state index in [4.69, 9.17) is 11.6 Å². The summed E-state index contributed by atoms with van der Waals surface area (Å²) >= 11 is 5.99. The molecule has 1 aliphatic heterocycles. The van der Waals surface area contributed by atoms with Crippen molar-refractivity contribution in [2.24, 2.45) is 0 Å². The van der Waals surface area contributed by atoms with Crippen LogP contribution in [0, 0.1) is 11.6 Å². The normalized spacial score (nSPS) is 14.2. The van der Waals surface area contributed by atoms with Crippen LogP contribution in [0.15, 0.2) is 53.3 Å². The van der Waals surface area contributed by atoms with Crippen molar-refractivity contribution in [3.05, 3.63) is 75.5 Å². The number of nitrogens with one attached hydrogen (secondary N) is 1. The maximum Gasteiger partial charge on any atom is 0.317 e. The van der Waals surface area contributed by atoms with Crippen molar-refractivity contribution in [3.8, 4) is 17.1 Å². The van der Waals surface area contributed by atoms with Crippen molar-refractivity contribution in [2.75, 3.05) is 32.1 Å². The van der Waals surface area contributed by atoms with Gasteiger partial charge in [0, 0.05) is 50.4 Å². The first-order valence-electron chi connectivity index (χ1n) is 10.8. The molecule has 1 N–H and O–H groups in total. The van der Waals surface area contributed by atoms with Gasteiger partial charge in [-0.1, -0.05) is 11.6 Å². The monoisotopic (exact) mass is 487 g/mol. The molecule has 3 aromatic rings. The second-order valence-electron chi connectivity index (χ2n) is 8.32. The van der Waals surface area contributed by atoms with E-state index in [1.165, 1.54) is 21.6 Å². The van der Waals surface area contributed by atoms with E-state index in [1.807, 2.05) is 4.90 Å². The molecular weight excluding hydrogens is 464 g/mol. The van der Waals surface area contributed by atoms with Gasteiger partial charge in [-0.3, -0.25) is 9.36 Å². The Morgan fingerprint density at radius 3 is 2.38 bits per heavy atom. The van der Waals surface area contributed by atoms with E-state index in [-0.39, 0.29) is 23.5 Å². The van der Waals surface area contributed by atoms with E-state index in [1.54, 1.807) is 38.4 Å². The fraction of sp³-hybridized carbons (Fsp3) is 0.292. The first kappa shape index (κ1) is 23.7. The highest BCUT2D eigenvalue weighted by Gasteiger charge is 2.24. The minimum Gasteiger partial charge on any atom is -0.356 e. The molecule has 0 radical (unpaired) electrons. The minimum absolute atomic E-state index is 0.00318. The molecule has 0 bridgehead atoms. The van der Waals surface area contributed by atoms with Crippen molar-refractivity contribution in [3.63, 3.8) is 0 Å². The number of piperidine rings is 1. The first-order chi connectivity index (χ1) is 16.2. The van der Waals surface area contributed by atoms with Gasteiger partial charge in [-0.05, 0) is 49.2 Å². The Morgan fingerprint density at radius 2 is 1.76 bits per heavy atom. The van der Waals surface area contributed by atoms with Crippen LogP contribution < -0.4 is 15.8 Å². The Labute approximate surface area is 200 Å². The second kappa shape index (κ2) is 9.80. The summed E-state index contributed by atoms with van der Waals surface area (Å²) in [6.45, 7) is 1.11. The fourth-order valence-corrected chi connectivity index (χ4v) is 4.01. The van der Waals surface area contributed by atoms with Gasteiger partial charge in [0.05, 0.1) is 11.3 Å². The Hall–Kier alpha value is -3.46. The second-order valence-corrected chi connectivity index (χ2v) is 8.75. The third kappa shape index (κ3) is 5.04. The Bertz CT molecular complexity index is 1260. The summed E-state index contributed by atoms with van der Waals surface area (Å²) in [5, 5.41) is 3.45. The van der Waals surface area contributed by atoms with E-state index in [9.17, 15) is 18.4 Å². The van der Waals surface area contributed by atoms with Crippen molar-refractivity contribution < 1.29 is 13.6 Å². The molecule has 1 saturated heterocycles. The van der Waals surface area contributed by atoms with Crippen LogP contribution >= 0.6 is 11.6 Å². The lowest BCUT2D eigenvalue weighted by Gasteiger charge is -2.34. The molecule has 0 aliphatic carbocycles. The van der Waals surface area contributed by atoms with Gasteiger partial charge >= 0.3 is 6.03 Å². The van der Waals surface area contributed by atoms with Gasteiger partial charge in [0.25, 0.3) is 5.56 Å². The number of aromatic nitrogens is 2. The van der Waals surface area contributed by atoms with Gasteiger partial charge in [-0.25, -0.2) is 18.6 Å². The van der Waals surface area contributed by atoms with Crippen LogP contribution in [-0.4, -0.2) is 53.7 Å². The average Bonchev–Trinajstić information content (AvgIpc) is 2.80. The highest BCUT2D eigenvalue weighted by atomic mass is 35.5. The number of hydrogen-bond donors (Lipinski definition) is 1. The summed E-state index contributed by atoms with van der Waals surface area (Å²) < 4.78 is 29.6. The zero-order chi connectivity index (χ0) is 24.4. The Kier molecular flexibility index (Phi) is 6.83. The molecule has 1 fully saturated rings. The number of benzene rings is 2. The first-order valence-corrected chi connectivity index (χ1v) is 11.2. The zero-order valence-electron chi connectivity index (χ0n) is 18.8. The van der Waals surface area contributed by atoms with Crippen LogP contribution in [0.2, 0.25) is 5.02 Å². The van der Waals surface area contributed by atoms with E-state index in [0.29, 0.717) is 42.5 Å². The van der Waals surface area contributed by atoms with Crippen LogP contribution in [0.5, 0.6) is 0 Å². The van der Waals surface area contributed by atoms with Crippen molar-refractivity contribution in [1.82, 2.24) is 19.8 Å². The van der Waals surface area contributed by atoms with Crippen LogP contribution in [-0.2, 0) is 0 Å². The van der Waals surface area contributed by atoms with E-state index < -0.39 is 17.2 Å². The number of amides is 2. The summed E-state index contributed by atoms with van der Waals surface area (Å²) in [5.74, 6) is -1.09. The van der Waals surface area contributed by atoms with Crippen LogP contribution in [0.3, 0.4) is 0 Å². The molecule has 2 heterocycles. The van der Waals surface area contributed by atoms with Crippen LogP contribution in [0.4, 0.5) is 19.4 Å². The third-order valence-corrected chi connectivity index (χ3v) is 5.97. The summed E-state index contributed by atoms with van der Waals surface area (Å²) in [6, 6.07) is 10.9. The molecule has 34 heavy (non-hydrogen) atoms. The number of nitrogens with zero attached hydrogens (tertiary/aromatic N) is 4. The van der Waals surface area contributed by atoms with E-state index in [0.717, 1.165) is 12.1 Å². The number of carbonyl (C=O) groups excluding carboxylic acids is 1. The minimum atomic E-state index is -0.822. The molecule has 0 spiro atoms. The lowest BCUT2D eigenvalue weighted by atomic mass is 10.1. The summed E-state index contributed by atoms with van der Waals surface area (Å²) in [6.07, 6.45) is 1.34. The number of carbonyl (C=O) groups is 1. The topological polar surface area (TPSA) is 70.5 Å². The summed E-state index contributed by atoms with van der Waals surface area (Å²) in [5.41, 5.74) is 0.0507. The van der Waals surface area contributed by atoms with Gasteiger partial charge < -0.3 is 15.1 Å². The smallest absolute Gasteiger partial charge is 0.317 e. The molecule has 10 heteroatoms. The van der Waals surface area contributed by atoms with Gasteiger partial charge in [-0.2, -0.15) is 0 Å². The number of hydrogen-bond acceptors (Lipinski definition) is 4. The molecule has 2 amide bonds. The molecule has 7 nitrogen and oxygen atoms in total. The van der Waals surface area contributed by atoms with Crippen LogP contribution in [0.25, 0.3) is 17.1 Å². The molecule has 2 aromatic carbocycles. The Balaban J connectivity index is 1.71. The number of urea groups is 1. The number of halogens is 3. The maximum absolute atomic E-state index is 14.8. The number of anilines is 1. The molecule has 0 saturated carbocycles. The van der Waals surface area contributed by atoms with Crippen molar-refractivity contribution in [1.29, 1.82) is 0 Å². The largest absolute Gasteiger partial charge is 0.356 e. The predicted molar refractivity (Wildman–Crippen MR) is 128 cm³/mol. The fourth-order valence-electron chi connectivity index (χ4n) is 3.88. The van der Waals surface area contributed by atoms with Crippen molar-refractivity contribution in [2.45, 2.75) is 18.9 Å². The highest BCUT2D eigenvalue weighted by Crippen LogP contribution is 2.27. The highest BCUT2D eigenvalue weighted by molar-refractivity contribution is 6.30. The van der Waals surface area contributed by atoms with Gasteiger partial charge in [-0.15, -0.1) is 0 Å². The molecule has 0 unspecified atom stereocenters.